The number of nitrogens with one attached hydrogen (secondary N) is 1. The summed E-state index contributed by atoms with van der Waals surface area (Å²) in [4.78, 5) is 28.1. The highest BCUT2D eigenvalue weighted by Crippen LogP contribution is 2.17. The molecule has 116 valence electrons. The van der Waals surface area contributed by atoms with E-state index in [9.17, 15) is 14.0 Å². The number of hydrogen-bond acceptors (Lipinski definition) is 4. The van der Waals surface area contributed by atoms with Gasteiger partial charge in [-0.05, 0) is 24.3 Å². The predicted molar refractivity (Wildman–Crippen MR) is 80.9 cm³/mol. The molecule has 0 spiro atoms. The van der Waals surface area contributed by atoms with Crippen LogP contribution in [0, 0.1) is 5.82 Å². The molecule has 0 saturated heterocycles. The molecule has 0 radical (unpaired) electrons. The Bertz CT molecular complexity index is 904. The number of nitrogens with zero attached hydrogens (tertiary/aromatic N) is 2. The SMILES string of the molecule is COC(=O)c1ccccc1NC(=O)c1cn2cc(F)ccc2n1. The van der Waals surface area contributed by atoms with Crippen molar-refractivity contribution in [2.24, 2.45) is 0 Å². The number of aromatic nitrogens is 2. The van der Waals surface area contributed by atoms with Gasteiger partial charge in [0.15, 0.2) is 0 Å². The third-order valence-electron chi connectivity index (χ3n) is 3.23. The molecule has 0 aliphatic carbocycles. The van der Waals surface area contributed by atoms with Crippen LogP contribution in [-0.4, -0.2) is 28.4 Å². The second-order valence-electron chi connectivity index (χ2n) is 4.73. The zero-order valence-electron chi connectivity index (χ0n) is 12.1. The van der Waals surface area contributed by atoms with Gasteiger partial charge in [0.25, 0.3) is 5.91 Å². The molecule has 0 bridgehead atoms. The summed E-state index contributed by atoms with van der Waals surface area (Å²) < 4.78 is 19.3. The van der Waals surface area contributed by atoms with Crippen molar-refractivity contribution in [1.82, 2.24) is 9.38 Å². The summed E-state index contributed by atoms with van der Waals surface area (Å²) in [6.07, 6.45) is 2.63. The zero-order valence-corrected chi connectivity index (χ0v) is 12.1. The Morgan fingerprint density at radius 2 is 1.96 bits per heavy atom. The number of pyridine rings is 1. The molecular weight excluding hydrogens is 301 g/mol. The van der Waals surface area contributed by atoms with Crippen molar-refractivity contribution >= 4 is 23.2 Å². The van der Waals surface area contributed by atoms with Crippen molar-refractivity contribution in [3.63, 3.8) is 0 Å². The molecule has 1 aromatic carbocycles. The predicted octanol–water partition coefficient (Wildman–Crippen LogP) is 2.51. The van der Waals surface area contributed by atoms with Crippen LogP contribution in [-0.2, 0) is 4.74 Å². The second kappa shape index (κ2) is 5.88. The van der Waals surface area contributed by atoms with Gasteiger partial charge in [-0.2, -0.15) is 0 Å². The number of halogens is 1. The van der Waals surface area contributed by atoms with Crippen molar-refractivity contribution in [2.75, 3.05) is 12.4 Å². The minimum atomic E-state index is -0.557. The number of benzene rings is 1. The first-order valence-electron chi connectivity index (χ1n) is 6.71. The highest BCUT2D eigenvalue weighted by atomic mass is 19.1. The molecule has 0 atom stereocenters. The maximum Gasteiger partial charge on any atom is 0.339 e. The fraction of sp³-hybridized carbons (Fsp3) is 0.0625. The fourth-order valence-corrected chi connectivity index (χ4v) is 2.14. The zero-order chi connectivity index (χ0) is 16.4. The van der Waals surface area contributed by atoms with Crippen LogP contribution >= 0.6 is 0 Å². The molecule has 0 aliphatic heterocycles. The number of ether oxygens (including phenoxy) is 1. The van der Waals surface area contributed by atoms with Crippen molar-refractivity contribution in [1.29, 1.82) is 0 Å². The van der Waals surface area contributed by atoms with Gasteiger partial charge >= 0.3 is 5.97 Å². The number of esters is 1. The van der Waals surface area contributed by atoms with E-state index in [0.29, 0.717) is 11.3 Å². The lowest BCUT2D eigenvalue weighted by Gasteiger charge is -2.08. The van der Waals surface area contributed by atoms with E-state index in [2.05, 4.69) is 15.0 Å². The molecule has 2 aromatic heterocycles. The first-order chi connectivity index (χ1) is 11.1. The second-order valence-corrected chi connectivity index (χ2v) is 4.73. The van der Waals surface area contributed by atoms with E-state index in [-0.39, 0.29) is 11.3 Å². The van der Waals surface area contributed by atoms with E-state index < -0.39 is 17.7 Å². The quantitative estimate of drug-likeness (QED) is 0.754. The summed E-state index contributed by atoms with van der Waals surface area (Å²) in [6.45, 7) is 0. The maximum absolute atomic E-state index is 13.2. The van der Waals surface area contributed by atoms with E-state index in [1.165, 1.54) is 36.0 Å². The van der Waals surface area contributed by atoms with Crippen LogP contribution in [0.5, 0.6) is 0 Å². The number of carbonyl (C=O) groups excluding carboxylic acids is 2. The standard InChI is InChI=1S/C16H12FN3O3/c1-23-16(22)11-4-2-3-5-12(11)19-15(21)13-9-20-8-10(17)6-7-14(20)18-13/h2-9H,1H3,(H,19,21). The molecule has 1 N–H and O–H groups in total. The number of imidazole rings is 1. The third-order valence-corrected chi connectivity index (χ3v) is 3.23. The summed E-state index contributed by atoms with van der Waals surface area (Å²) in [6, 6.07) is 9.20. The maximum atomic E-state index is 13.2. The molecule has 0 unspecified atom stereocenters. The van der Waals surface area contributed by atoms with Crippen molar-refractivity contribution in [3.8, 4) is 0 Å². The summed E-state index contributed by atoms with van der Waals surface area (Å²) in [5.41, 5.74) is 1.10. The number of carbonyl (C=O) groups is 2. The molecular formula is C16H12FN3O3. The Balaban J connectivity index is 1.90. The van der Waals surface area contributed by atoms with Crippen LogP contribution < -0.4 is 5.32 Å². The van der Waals surface area contributed by atoms with Crippen LogP contribution in [0.25, 0.3) is 5.65 Å². The number of fused-ring (bicyclic) bond motifs is 1. The van der Waals surface area contributed by atoms with Crippen LogP contribution in [0.2, 0.25) is 0 Å². The largest absolute Gasteiger partial charge is 0.465 e. The molecule has 0 fully saturated rings. The van der Waals surface area contributed by atoms with Crippen LogP contribution in [0.15, 0.2) is 48.8 Å². The molecule has 1 amide bonds. The van der Waals surface area contributed by atoms with Crippen molar-refractivity contribution < 1.29 is 18.7 Å². The average molecular weight is 313 g/mol. The monoisotopic (exact) mass is 313 g/mol. The summed E-state index contributed by atoms with van der Waals surface area (Å²) >= 11 is 0. The number of anilines is 1. The van der Waals surface area contributed by atoms with Gasteiger partial charge in [-0.15, -0.1) is 0 Å². The molecule has 3 rings (SSSR count). The smallest absolute Gasteiger partial charge is 0.339 e. The fourth-order valence-electron chi connectivity index (χ4n) is 2.14. The average Bonchev–Trinajstić information content (AvgIpc) is 2.98. The van der Waals surface area contributed by atoms with E-state index in [1.807, 2.05) is 0 Å². The molecule has 3 aromatic rings. The number of para-hydroxylation sites is 1. The molecule has 0 saturated carbocycles. The Morgan fingerprint density at radius 3 is 2.74 bits per heavy atom. The van der Waals surface area contributed by atoms with Crippen molar-refractivity contribution in [3.05, 3.63) is 65.9 Å². The molecule has 2 heterocycles. The molecule has 23 heavy (non-hydrogen) atoms. The third kappa shape index (κ3) is 2.89. The Hall–Kier alpha value is -3.22. The van der Waals surface area contributed by atoms with Gasteiger partial charge in [-0.1, -0.05) is 12.1 Å². The lowest BCUT2D eigenvalue weighted by atomic mass is 10.2. The summed E-state index contributed by atoms with van der Waals surface area (Å²) in [5.74, 6) is -1.50. The highest BCUT2D eigenvalue weighted by molar-refractivity contribution is 6.07. The van der Waals surface area contributed by atoms with Crippen LogP contribution in [0.3, 0.4) is 0 Å². The van der Waals surface area contributed by atoms with Gasteiger partial charge in [-0.25, -0.2) is 14.2 Å². The molecule has 0 aliphatic rings. The van der Waals surface area contributed by atoms with Crippen molar-refractivity contribution in [2.45, 2.75) is 0 Å². The Morgan fingerprint density at radius 1 is 1.17 bits per heavy atom. The van der Waals surface area contributed by atoms with E-state index >= 15 is 0 Å². The molecule has 7 heteroatoms. The highest BCUT2D eigenvalue weighted by Gasteiger charge is 2.16. The number of amides is 1. The lowest BCUT2D eigenvalue weighted by Crippen LogP contribution is -2.15. The normalized spacial score (nSPS) is 10.5. The number of methoxy groups -OCH3 is 1. The van der Waals surface area contributed by atoms with Crippen LogP contribution in [0.1, 0.15) is 20.8 Å². The van der Waals surface area contributed by atoms with Gasteiger partial charge in [0, 0.05) is 12.4 Å². The van der Waals surface area contributed by atoms with E-state index in [4.69, 9.17) is 0 Å². The lowest BCUT2D eigenvalue weighted by molar-refractivity contribution is 0.0602. The van der Waals surface area contributed by atoms with Gasteiger partial charge in [0.05, 0.1) is 18.4 Å². The minimum Gasteiger partial charge on any atom is -0.465 e. The summed E-state index contributed by atoms with van der Waals surface area (Å²) in [7, 11) is 1.26. The van der Waals surface area contributed by atoms with E-state index in [1.54, 1.807) is 24.3 Å². The summed E-state index contributed by atoms with van der Waals surface area (Å²) in [5, 5.41) is 2.61. The van der Waals surface area contributed by atoms with Gasteiger partial charge in [-0.3, -0.25) is 4.79 Å². The first kappa shape index (κ1) is 14.7. The number of hydrogen-bond donors (Lipinski definition) is 1. The van der Waals surface area contributed by atoms with Crippen LogP contribution in [0.4, 0.5) is 10.1 Å². The van der Waals surface area contributed by atoms with Gasteiger partial charge < -0.3 is 14.5 Å². The molecule has 6 nitrogen and oxygen atoms in total. The topological polar surface area (TPSA) is 72.7 Å². The Labute approximate surface area is 130 Å². The van der Waals surface area contributed by atoms with Gasteiger partial charge in [0.1, 0.15) is 17.2 Å². The minimum absolute atomic E-state index is 0.107. The first-order valence-corrected chi connectivity index (χ1v) is 6.71. The van der Waals surface area contributed by atoms with E-state index in [0.717, 1.165) is 0 Å². The number of rotatable bonds is 3. The van der Waals surface area contributed by atoms with Gasteiger partial charge in [0.2, 0.25) is 0 Å². The Kier molecular flexibility index (Phi) is 3.76.